The molecular formula is C53H57N15O17. The Morgan fingerprint density at radius 2 is 1.13 bits per heavy atom. The number of amides is 12. The number of aromatic nitrogens is 4. The normalized spacial score (nSPS) is 25.7. The van der Waals surface area contributed by atoms with Crippen molar-refractivity contribution in [1.29, 1.82) is 0 Å². The molecule has 32 heteroatoms. The molecule has 0 spiro atoms. The minimum absolute atomic E-state index is 0.119. The van der Waals surface area contributed by atoms with Gasteiger partial charge >= 0.3 is 6.09 Å². The molecular weight excluding hydrogens is 1120 g/mol. The van der Waals surface area contributed by atoms with Crippen molar-refractivity contribution in [2.24, 2.45) is 0 Å². The van der Waals surface area contributed by atoms with E-state index in [9.17, 15) is 9.59 Å². The van der Waals surface area contributed by atoms with Crippen molar-refractivity contribution in [3.63, 3.8) is 0 Å². The van der Waals surface area contributed by atoms with Crippen LogP contribution < -0.4 is 27.2 Å². The van der Waals surface area contributed by atoms with Crippen molar-refractivity contribution < 1.29 is 67.0 Å². The van der Waals surface area contributed by atoms with Crippen LogP contribution >= 0.6 is 0 Å². The fraction of sp³-hybridized carbons (Fsp3) is 0.509. The highest BCUT2D eigenvalue weighted by molar-refractivity contribution is 6.11. The molecule has 12 rings (SSSR count). The number of likely N-dealkylation sites (tertiary alicyclic amines) is 3. The molecule has 9 aliphatic rings. The van der Waals surface area contributed by atoms with Gasteiger partial charge in [0.2, 0.25) is 70.2 Å². The zero-order chi connectivity index (χ0) is 60.0. The van der Waals surface area contributed by atoms with Gasteiger partial charge in [0.1, 0.15) is 13.2 Å². The van der Waals surface area contributed by atoms with E-state index < -0.39 is 227 Å². The Kier molecular flexibility index (Phi) is 13.7. The lowest BCUT2D eigenvalue weighted by molar-refractivity contribution is -0.348. The Bertz CT molecular complexity index is 3580. The third-order valence-electron chi connectivity index (χ3n) is 17.4. The Labute approximate surface area is 480 Å². The number of nitrogens with one attached hydrogen (secondary N) is 2. The smallest absolute Gasteiger partial charge is 0.412 e. The number of nitrogens with zero attached hydrogens (tertiary/aromatic N) is 13. The summed E-state index contributed by atoms with van der Waals surface area (Å²) in [4.78, 5) is 246. The second kappa shape index (κ2) is 20.8. The number of piperazine rings is 2. The molecule has 9 aliphatic heterocycles. The summed E-state index contributed by atoms with van der Waals surface area (Å²) in [7, 11) is 0. The van der Waals surface area contributed by atoms with Crippen LogP contribution in [0.4, 0.5) is 4.79 Å². The predicted molar refractivity (Wildman–Crippen MR) is 279 cm³/mol. The molecule has 0 saturated carbocycles. The molecule has 85 heavy (non-hydrogen) atoms. The van der Waals surface area contributed by atoms with E-state index in [-0.39, 0.29) is 32.1 Å². The summed E-state index contributed by atoms with van der Waals surface area (Å²) in [5, 5.41) is 11.5. The van der Waals surface area contributed by atoms with E-state index in [4.69, 9.17) is 9.47 Å². The SMILES string of the molecule is O=C1CCCCN1N1C(=O)C1(n1ncccc1=O)C(N1CCOC1=O)(N1C(=O)CCC1=O)C(N1CCNCC1=O)(N1C(=O)CNCC1=O)C(N1C(=O)CCCC1=O)(n1ccc(=O)cc1)C(N1CCCC1=O)(N1CCOCC1=O)n1ccccc1=O. The van der Waals surface area contributed by atoms with E-state index in [1.165, 1.54) is 12.1 Å². The Morgan fingerprint density at radius 3 is 1.75 bits per heavy atom. The van der Waals surface area contributed by atoms with Gasteiger partial charge in [-0.05, 0) is 37.8 Å². The maximum atomic E-state index is 17.1. The fourth-order valence-corrected chi connectivity index (χ4v) is 14.5. The minimum Gasteiger partial charge on any atom is -0.447 e. The highest BCUT2D eigenvalue weighted by atomic mass is 16.6. The summed E-state index contributed by atoms with van der Waals surface area (Å²) >= 11 is 0. The average Bonchev–Trinajstić information content (AvgIpc) is 1.58. The second-order valence-electron chi connectivity index (χ2n) is 21.6. The van der Waals surface area contributed by atoms with Crippen molar-refractivity contribution in [3.8, 4) is 0 Å². The van der Waals surface area contributed by atoms with Gasteiger partial charge in [-0.25, -0.2) is 29.5 Å². The number of carbonyl (C=O) groups excluding carboxylic acids is 12. The molecule has 5 unspecified atom stereocenters. The summed E-state index contributed by atoms with van der Waals surface area (Å²) in [5.41, 5.74) is -19.6. The van der Waals surface area contributed by atoms with Crippen molar-refractivity contribution in [2.75, 3.05) is 78.7 Å². The van der Waals surface area contributed by atoms with Gasteiger partial charge in [-0.1, -0.05) is 6.07 Å². The molecule has 0 aromatic carbocycles. The van der Waals surface area contributed by atoms with Crippen molar-refractivity contribution in [2.45, 2.75) is 92.6 Å². The van der Waals surface area contributed by atoms with Gasteiger partial charge in [-0.3, -0.25) is 91.7 Å². The van der Waals surface area contributed by atoms with Gasteiger partial charge in [0.05, 0.1) is 32.8 Å². The first-order valence-electron chi connectivity index (χ1n) is 27.9. The van der Waals surface area contributed by atoms with Crippen LogP contribution in [0.3, 0.4) is 0 Å². The largest absolute Gasteiger partial charge is 0.447 e. The first-order valence-corrected chi connectivity index (χ1v) is 27.9. The number of hydrogen-bond donors (Lipinski definition) is 2. The van der Waals surface area contributed by atoms with Crippen molar-refractivity contribution in [1.82, 2.24) is 73.9 Å². The number of imide groups is 3. The van der Waals surface area contributed by atoms with Crippen LogP contribution in [0.25, 0.3) is 0 Å². The maximum Gasteiger partial charge on any atom is 0.412 e. The lowest BCUT2D eigenvalue weighted by Crippen LogP contribution is -3.02. The molecule has 12 amide bonds. The van der Waals surface area contributed by atoms with Crippen LogP contribution in [0, 0.1) is 0 Å². The summed E-state index contributed by atoms with van der Waals surface area (Å²) in [6.07, 6.45) is -1.80. The predicted octanol–water partition coefficient (Wildman–Crippen LogP) is -4.94. The van der Waals surface area contributed by atoms with Gasteiger partial charge in [-0.15, -0.1) is 0 Å². The molecule has 3 aromatic rings. The lowest BCUT2D eigenvalue weighted by Gasteiger charge is -2.75. The van der Waals surface area contributed by atoms with E-state index in [1.54, 1.807) is 0 Å². The summed E-state index contributed by atoms with van der Waals surface area (Å²) < 4.78 is 13.6. The van der Waals surface area contributed by atoms with Crippen LogP contribution in [-0.2, 0) is 79.3 Å². The second-order valence-corrected chi connectivity index (χ2v) is 21.6. The van der Waals surface area contributed by atoms with E-state index >= 15 is 62.3 Å². The first-order chi connectivity index (χ1) is 40.9. The minimum atomic E-state index is -4.27. The Hall–Kier alpha value is -9.30. The topological polar surface area (TPSA) is 355 Å². The average molecular weight is 1180 g/mol. The van der Waals surface area contributed by atoms with E-state index in [0.717, 1.165) is 79.1 Å². The summed E-state index contributed by atoms with van der Waals surface area (Å²) in [5.74, 6) is -17.8. The van der Waals surface area contributed by atoms with Gasteiger partial charge in [0.15, 0.2) is 5.43 Å². The Morgan fingerprint density at radius 1 is 0.494 bits per heavy atom. The van der Waals surface area contributed by atoms with Gasteiger partial charge in [0.25, 0.3) is 34.4 Å². The summed E-state index contributed by atoms with van der Waals surface area (Å²) in [6, 6.07) is 7.14. The lowest BCUT2D eigenvalue weighted by atomic mass is 9.64. The number of morpholine rings is 1. The molecule has 0 aliphatic carbocycles. The van der Waals surface area contributed by atoms with Crippen LogP contribution in [0.15, 0.2) is 81.6 Å². The number of carbonyl (C=O) groups is 12. The number of ether oxygens (including phenoxy) is 2. The van der Waals surface area contributed by atoms with Crippen LogP contribution in [0.2, 0.25) is 0 Å². The molecule has 0 bridgehead atoms. The zero-order valence-electron chi connectivity index (χ0n) is 45.7. The first kappa shape index (κ1) is 56.2. The van der Waals surface area contributed by atoms with Gasteiger partial charge in [-0.2, -0.15) is 9.78 Å². The number of piperidine rings is 2. The Balaban J connectivity index is 1.52. The van der Waals surface area contributed by atoms with Crippen molar-refractivity contribution >= 4 is 71.1 Å². The molecule has 32 nitrogen and oxygen atoms in total. The molecule has 12 heterocycles. The third kappa shape index (κ3) is 7.42. The number of pyridine rings is 2. The molecule has 5 atom stereocenters. The van der Waals surface area contributed by atoms with Crippen LogP contribution in [0.5, 0.6) is 0 Å². The number of hydrazine groups is 1. The highest BCUT2D eigenvalue weighted by Gasteiger charge is 2.99. The molecule has 2 N–H and O–H groups in total. The van der Waals surface area contributed by atoms with Crippen LogP contribution in [-0.4, -0.2) is 224 Å². The molecule has 446 valence electrons. The number of rotatable bonds is 15. The quantitative estimate of drug-likeness (QED) is 0.106. The van der Waals surface area contributed by atoms with E-state index in [2.05, 4.69) is 15.7 Å². The standard InChI is InChI=1S/C53H57N15O17/c69-34-16-23-57(24-17-34)52(65-38(73)10-5-11-39(65)74,53(60-21-7-13-36(60)71,59-20-3-1-8-35(59)70)61-26-28-84-33-46(61)81)51(58-25-19-54-30-43(58)78,66-44(79)31-55-32-45(66)80)50(62-27-29-85-48(62)83,64-40(75)14-15-41(64)76)49(67-42(77)12-6-18-56-67)47(82)68(49)63-22-4-2-9-37(63)72/h1,3,6,8,12,16-18,20,23-24,54-55H,2,4-5,7,9-11,13-15,19,21-22,25-33H2. The fourth-order valence-electron chi connectivity index (χ4n) is 14.5. The van der Waals surface area contributed by atoms with Gasteiger partial charge in [0, 0.05) is 120 Å². The van der Waals surface area contributed by atoms with E-state index in [0.29, 0.717) is 34.2 Å². The van der Waals surface area contributed by atoms with Crippen LogP contribution in [0.1, 0.15) is 64.2 Å². The monoisotopic (exact) mass is 1180 g/mol. The van der Waals surface area contributed by atoms with Crippen molar-refractivity contribution in [3.05, 3.63) is 98.2 Å². The zero-order valence-corrected chi connectivity index (χ0v) is 45.7. The molecule has 9 saturated heterocycles. The molecule has 0 radical (unpaired) electrons. The number of cyclic esters (lactones) is 1. The number of hydrogen-bond acceptors (Lipinski definition) is 20. The summed E-state index contributed by atoms with van der Waals surface area (Å²) in [6.45, 7) is -9.24. The maximum absolute atomic E-state index is 17.1. The van der Waals surface area contributed by atoms with E-state index in [1.807, 2.05) is 0 Å². The molecule has 9 fully saturated rings. The van der Waals surface area contributed by atoms with Gasteiger partial charge < -0.3 is 24.3 Å². The third-order valence-corrected chi connectivity index (χ3v) is 17.4. The molecule has 3 aromatic heterocycles. The highest BCUT2D eigenvalue weighted by Crippen LogP contribution is 2.69.